The maximum Gasteiger partial charge on any atom is 0.303 e. The smallest absolute Gasteiger partial charge is 0.303 e. The number of carboxylic acids is 1. The number of hydrogen-bond donors (Lipinski definition) is 3. The number of nitrogens with one attached hydrogen (secondary N) is 1. The highest BCUT2D eigenvalue weighted by Crippen LogP contribution is 2.27. The van der Waals surface area contributed by atoms with Gasteiger partial charge in [0.15, 0.2) is 0 Å². The highest BCUT2D eigenvalue weighted by molar-refractivity contribution is 5.66. The molecule has 0 saturated heterocycles. The summed E-state index contributed by atoms with van der Waals surface area (Å²) < 4.78 is 0. The molecule has 0 aliphatic carbocycles. The van der Waals surface area contributed by atoms with Crippen LogP contribution in [0, 0.1) is 0 Å². The normalized spacial score (nSPS) is 13.1. The summed E-state index contributed by atoms with van der Waals surface area (Å²) in [4.78, 5) is 10.9. The Bertz CT molecular complexity index is 675. The molecule has 2 unspecified atom stereocenters. The van der Waals surface area contributed by atoms with Gasteiger partial charge in [-0.1, -0.05) is 86.3 Å². The Labute approximate surface area is 175 Å². The van der Waals surface area contributed by atoms with Crippen molar-refractivity contribution in [2.75, 3.05) is 13.1 Å². The molecule has 0 bridgehead atoms. The standard InChI is InChI=1S/C25H35NO3/c27-24(23-15-9-5-10-16-23)20-26-19-11-3-1-2-6-14-22(17-18-25(28)29)21-12-7-4-8-13-21/h4-5,7-10,12-13,15-16,22,24,26-27H,1-3,6,11,14,17-20H2,(H,28,29). The summed E-state index contributed by atoms with van der Waals surface area (Å²) in [6.07, 6.45) is 7.37. The minimum absolute atomic E-state index is 0.236. The number of aliphatic hydroxyl groups is 1. The minimum Gasteiger partial charge on any atom is -0.481 e. The second-order valence-corrected chi connectivity index (χ2v) is 7.73. The Morgan fingerprint density at radius 2 is 1.38 bits per heavy atom. The molecular weight excluding hydrogens is 362 g/mol. The van der Waals surface area contributed by atoms with Gasteiger partial charge >= 0.3 is 5.97 Å². The van der Waals surface area contributed by atoms with Crippen LogP contribution in [0.25, 0.3) is 0 Å². The van der Waals surface area contributed by atoms with E-state index >= 15 is 0 Å². The monoisotopic (exact) mass is 397 g/mol. The first-order valence-electron chi connectivity index (χ1n) is 10.9. The van der Waals surface area contributed by atoms with Gasteiger partial charge in [0, 0.05) is 13.0 Å². The Morgan fingerprint density at radius 1 is 0.793 bits per heavy atom. The van der Waals surface area contributed by atoms with Crippen molar-refractivity contribution < 1.29 is 15.0 Å². The van der Waals surface area contributed by atoms with Crippen molar-refractivity contribution in [3.05, 3.63) is 71.8 Å². The van der Waals surface area contributed by atoms with Crippen LogP contribution in [0.15, 0.2) is 60.7 Å². The number of carbonyl (C=O) groups is 1. The van der Waals surface area contributed by atoms with E-state index in [2.05, 4.69) is 17.4 Å². The lowest BCUT2D eigenvalue weighted by Gasteiger charge is -2.16. The molecule has 2 aromatic rings. The van der Waals surface area contributed by atoms with E-state index in [1.807, 2.05) is 48.5 Å². The predicted molar refractivity (Wildman–Crippen MR) is 118 cm³/mol. The number of unbranched alkanes of at least 4 members (excludes halogenated alkanes) is 4. The maximum absolute atomic E-state index is 10.9. The van der Waals surface area contributed by atoms with Crippen LogP contribution in [0.4, 0.5) is 0 Å². The number of carboxylic acid groups (broad SMARTS) is 1. The lowest BCUT2D eigenvalue weighted by atomic mass is 9.89. The number of benzene rings is 2. The van der Waals surface area contributed by atoms with Crippen LogP contribution in [0.5, 0.6) is 0 Å². The summed E-state index contributed by atoms with van der Waals surface area (Å²) >= 11 is 0. The third-order valence-corrected chi connectivity index (χ3v) is 5.41. The van der Waals surface area contributed by atoms with E-state index in [0.717, 1.165) is 31.4 Å². The van der Waals surface area contributed by atoms with Crippen LogP contribution >= 0.6 is 0 Å². The lowest BCUT2D eigenvalue weighted by molar-refractivity contribution is -0.137. The fourth-order valence-electron chi connectivity index (χ4n) is 3.70. The van der Waals surface area contributed by atoms with Gasteiger partial charge in [0.1, 0.15) is 0 Å². The highest BCUT2D eigenvalue weighted by Gasteiger charge is 2.13. The van der Waals surface area contributed by atoms with E-state index in [1.165, 1.54) is 24.8 Å². The van der Waals surface area contributed by atoms with Gasteiger partial charge < -0.3 is 15.5 Å². The summed E-state index contributed by atoms with van der Waals surface area (Å²) in [5.41, 5.74) is 2.21. The number of hydrogen-bond acceptors (Lipinski definition) is 3. The van der Waals surface area contributed by atoms with E-state index in [0.29, 0.717) is 18.9 Å². The Morgan fingerprint density at radius 3 is 2.03 bits per heavy atom. The molecule has 2 aromatic carbocycles. The van der Waals surface area contributed by atoms with E-state index in [9.17, 15) is 9.90 Å². The van der Waals surface area contributed by atoms with E-state index in [-0.39, 0.29) is 6.42 Å². The van der Waals surface area contributed by atoms with Gasteiger partial charge in [-0.25, -0.2) is 0 Å². The van der Waals surface area contributed by atoms with Crippen LogP contribution < -0.4 is 5.32 Å². The summed E-state index contributed by atoms with van der Waals surface area (Å²) in [5, 5.41) is 22.5. The first-order valence-corrected chi connectivity index (χ1v) is 10.9. The molecule has 0 fully saturated rings. The second kappa shape index (κ2) is 13.9. The third kappa shape index (κ3) is 9.73. The molecule has 158 valence electrons. The number of aliphatic carboxylic acids is 1. The van der Waals surface area contributed by atoms with Gasteiger partial charge in [-0.2, -0.15) is 0 Å². The molecule has 0 radical (unpaired) electrons. The van der Waals surface area contributed by atoms with Crippen LogP contribution in [0.3, 0.4) is 0 Å². The van der Waals surface area contributed by atoms with E-state index in [4.69, 9.17) is 5.11 Å². The zero-order valence-corrected chi connectivity index (χ0v) is 17.3. The zero-order chi connectivity index (χ0) is 20.7. The molecule has 2 atom stereocenters. The molecule has 0 amide bonds. The third-order valence-electron chi connectivity index (χ3n) is 5.41. The Hall–Kier alpha value is -2.17. The topological polar surface area (TPSA) is 69.6 Å². The SMILES string of the molecule is O=C(O)CCC(CCCCCCCNCC(O)c1ccccc1)c1ccccc1. The Kier molecular flexibility index (Phi) is 11.1. The van der Waals surface area contributed by atoms with Crippen molar-refractivity contribution in [3.8, 4) is 0 Å². The summed E-state index contributed by atoms with van der Waals surface area (Å²) in [6, 6.07) is 20.0. The average molecular weight is 398 g/mol. The first-order chi connectivity index (χ1) is 14.2. The number of rotatable bonds is 15. The quantitative estimate of drug-likeness (QED) is 0.357. The van der Waals surface area contributed by atoms with Crippen molar-refractivity contribution in [2.45, 2.75) is 63.4 Å². The van der Waals surface area contributed by atoms with Gasteiger partial charge in [-0.15, -0.1) is 0 Å². The van der Waals surface area contributed by atoms with Crippen LogP contribution in [-0.4, -0.2) is 29.3 Å². The molecule has 2 rings (SSSR count). The predicted octanol–water partition coefficient (Wildman–Crippen LogP) is 5.30. The highest BCUT2D eigenvalue weighted by atomic mass is 16.4. The second-order valence-electron chi connectivity index (χ2n) is 7.73. The van der Waals surface area contributed by atoms with Crippen LogP contribution in [0.2, 0.25) is 0 Å². The van der Waals surface area contributed by atoms with Gasteiger partial charge in [0.05, 0.1) is 6.10 Å². The molecule has 0 heterocycles. The van der Waals surface area contributed by atoms with Gasteiger partial charge in [-0.3, -0.25) is 4.79 Å². The molecule has 4 nitrogen and oxygen atoms in total. The molecule has 3 N–H and O–H groups in total. The Balaban J connectivity index is 1.54. The summed E-state index contributed by atoms with van der Waals surface area (Å²) in [7, 11) is 0. The fraction of sp³-hybridized carbons (Fsp3) is 0.480. The molecule has 0 aromatic heterocycles. The van der Waals surface area contributed by atoms with Crippen molar-refractivity contribution in [2.24, 2.45) is 0 Å². The summed E-state index contributed by atoms with van der Waals surface area (Å²) in [5.74, 6) is -0.371. The van der Waals surface area contributed by atoms with Gasteiger partial charge in [-0.05, 0) is 42.9 Å². The minimum atomic E-state index is -0.712. The molecule has 4 heteroatoms. The largest absolute Gasteiger partial charge is 0.481 e. The summed E-state index contributed by atoms with van der Waals surface area (Å²) in [6.45, 7) is 1.52. The van der Waals surface area contributed by atoms with Crippen molar-refractivity contribution in [1.29, 1.82) is 0 Å². The van der Waals surface area contributed by atoms with Crippen molar-refractivity contribution in [3.63, 3.8) is 0 Å². The van der Waals surface area contributed by atoms with Crippen molar-refractivity contribution >= 4 is 5.97 Å². The van der Waals surface area contributed by atoms with Crippen LogP contribution in [-0.2, 0) is 4.79 Å². The van der Waals surface area contributed by atoms with Crippen molar-refractivity contribution in [1.82, 2.24) is 5.32 Å². The van der Waals surface area contributed by atoms with Crippen LogP contribution in [0.1, 0.15) is 74.5 Å². The molecule has 0 aliphatic heterocycles. The van der Waals surface area contributed by atoms with E-state index in [1.54, 1.807) is 0 Å². The maximum atomic E-state index is 10.9. The number of aliphatic hydroxyl groups excluding tert-OH is 1. The van der Waals surface area contributed by atoms with Gasteiger partial charge in [0.25, 0.3) is 0 Å². The molecule has 0 saturated carbocycles. The average Bonchev–Trinajstić information content (AvgIpc) is 2.75. The fourth-order valence-corrected chi connectivity index (χ4v) is 3.70. The zero-order valence-electron chi connectivity index (χ0n) is 17.3. The molecule has 29 heavy (non-hydrogen) atoms. The molecule has 0 aliphatic rings. The van der Waals surface area contributed by atoms with Gasteiger partial charge in [0.2, 0.25) is 0 Å². The first kappa shape index (κ1) is 23.1. The molecule has 0 spiro atoms. The lowest BCUT2D eigenvalue weighted by Crippen LogP contribution is -2.22. The molecular formula is C25H35NO3. The van der Waals surface area contributed by atoms with E-state index < -0.39 is 12.1 Å².